The highest BCUT2D eigenvalue weighted by Gasteiger charge is 2.08. The summed E-state index contributed by atoms with van der Waals surface area (Å²) in [6, 6.07) is 6.19. The number of aromatic nitrogens is 3. The molecule has 0 saturated heterocycles. The van der Waals surface area contributed by atoms with Gasteiger partial charge in [-0.15, -0.1) is 0 Å². The standard InChI is InChI=1S/C14H16N4O/c1-11(4-5-12-3-2-10-19-12)17-14-13-6-7-16-18(13)9-8-15-14/h2-3,6-11H,4-5H2,1H3,(H,15,17). The van der Waals surface area contributed by atoms with Crippen LogP contribution in [0.1, 0.15) is 19.1 Å². The molecule has 3 heterocycles. The van der Waals surface area contributed by atoms with Gasteiger partial charge in [-0.3, -0.25) is 0 Å². The largest absolute Gasteiger partial charge is 0.469 e. The van der Waals surface area contributed by atoms with Crippen LogP contribution in [0, 0.1) is 0 Å². The number of furan rings is 1. The van der Waals surface area contributed by atoms with Crippen molar-refractivity contribution in [3.05, 3.63) is 48.8 Å². The van der Waals surface area contributed by atoms with Gasteiger partial charge < -0.3 is 9.73 Å². The maximum absolute atomic E-state index is 5.33. The Kier molecular flexibility index (Phi) is 3.18. The van der Waals surface area contributed by atoms with Gasteiger partial charge in [0.2, 0.25) is 0 Å². The summed E-state index contributed by atoms with van der Waals surface area (Å²) in [5.74, 6) is 1.89. The van der Waals surface area contributed by atoms with Gasteiger partial charge >= 0.3 is 0 Å². The van der Waals surface area contributed by atoms with Crippen molar-refractivity contribution in [2.45, 2.75) is 25.8 Å². The van der Waals surface area contributed by atoms with Crippen LogP contribution in [0.15, 0.2) is 47.5 Å². The molecular formula is C14H16N4O. The summed E-state index contributed by atoms with van der Waals surface area (Å²) in [7, 11) is 0. The quantitative estimate of drug-likeness (QED) is 0.762. The molecule has 0 saturated carbocycles. The molecule has 1 unspecified atom stereocenters. The Morgan fingerprint density at radius 1 is 1.37 bits per heavy atom. The summed E-state index contributed by atoms with van der Waals surface area (Å²) < 4.78 is 7.15. The SMILES string of the molecule is CC(CCc1ccco1)Nc1nccn2nccc12. The van der Waals surface area contributed by atoms with Crippen LogP contribution in [0.5, 0.6) is 0 Å². The van der Waals surface area contributed by atoms with Crippen LogP contribution in [-0.4, -0.2) is 20.6 Å². The van der Waals surface area contributed by atoms with Crippen LogP contribution in [-0.2, 0) is 6.42 Å². The molecule has 0 bridgehead atoms. The molecule has 0 fully saturated rings. The van der Waals surface area contributed by atoms with Gasteiger partial charge in [-0.05, 0) is 31.5 Å². The van der Waals surface area contributed by atoms with Crippen LogP contribution < -0.4 is 5.32 Å². The van der Waals surface area contributed by atoms with E-state index in [9.17, 15) is 0 Å². The zero-order chi connectivity index (χ0) is 13.1. The molecule has 0 spiro atoms. The smallest absolute Gasteiger partial charge is 0.152 e. The highest BCUT2D eigenvalue weighted by molar-refractivity contribution is 5.66. The highest BCUT2D eigenvalue weighted by atomic mass is 16.3. The molecule has 0 amide bonds. The third kappa shape index (κ3) is 2.59. The van der Waals surface area contributed by atoms with E-state index in [2.05, 4.69) is 22.3 Å². The molecule has 98 valence electrons. The van der Waals surface area contributed by atoms with E-state index < -0.39 is 0 Å². The van der Waals surface area contributed by atoms with E-state index >= 15 is 0 Å². The Morgan fingerprint density at radius 2 is 2.32 bits per heavy atom. The monoisotopic (exact) mass is 256 g/mol. The molecule has 3 aromatic heterocycles. The molecule has 0 aliphatic heterocycles. The Labute approximate surface area is 111 Å². The van der Waals surface area contributed by atoms with E-state index in [-0.39, 0.29) is 0 Å². The first-order chi connectivity index (χ1) is 9.33. The molecule has 3 aromatic rings. The third-order valence-corrected chi connectivity index (χ3v) is 3.11. The van der Waals surface area contributed by atoms with Crippen LogP contribution in [0.2, 0.25) is 0 Å². The number of fused-ring (bicyclic) bond motifs is 1. The minimum absolute atomic E-state index is 0.318. The number of hydrogen-bond donors (Lipinski definition) is 1. The topological polar surface area (TPSA) is 55.4 Å². The van der Waals surface area contributed by atoms with Crippen molar-refractivity contribution in [2.24, 2.45) is 0 Å². The lowest BCUT2D eigenvalue weighted by Crippen LogP contribution is -2.17. The van der Waals surface area contributed by atoms with Crippen molar-refractivity contribution in [1.82, 2.24) is 14.6 Å². The van der Waals surface area contributed by atoms with Gasteiger partial charge in [0.15, 0.2) is 5.82 Å². The zero-order valence-corrected chi connectivity index (χ0v) is 10.8. The van der Waals surface area contributed by atoms with E-state index in [0.717, 1.165) is 29.9 Å². The Hall–Kier alpha value is -2.30. The number of anilines is 1. The summed E-state index contributed by atoms with van der Waals surface area (Å²) in [5.41, 5.74) is 0.993. The van der Waals surface area contributed by atoms with Gasteiger partial charge in [-0.1, -0.05) is 0 Å². The normalized spacial score (nSPS) is 12.7. The predicted octanol–water partition coefficient (Wildman–Crippen LogP) is 2.76. The van der Waals surface area contributed by atoms with Crippen molar-refractivity contribution in [3.8, 4) is 0 Å². The fourth-order valence-electron chi connectivity index (χ4n) is 2.09. The summed E-state index contributed by atoms with van der Waals surface area (Å²) in [5, 5.41) is 7.61. The number of rotatable bonds is 5. The number of nitrogens with one attached hydrogen (secondary N) is 1. The average Bonchev–Trinajstić information content (AvgIpc) is 3.08. The first-order valence-electron chi connectivity index (χ1n) is 6.40. The van der Waals surface area contributed by atoms with Gasteiger partial charge in [-0.25, -0.2) is 9.50 Å². The van der Waals surface area contributed by atoms with Crippen LogP contribution in [0.4, 0.5) is 5.82 Å². The molecular weight excluding hydrogens is 240 g/mol. The Bertz CT molecular complexity index is 644. The molecule has 5 nitrogen and oxygen atoms in total. The lowest BCUT2D eigenvalue weighted by molar-refractivity contribution is 0.495. The summed E-state index contributed by atoms with van der Waals surface area (Å²) >= 11 is 0. The Balaban J connectivity index is 1.65. The summed E-state index contributed by atoms with van der Waals surface area (Å²) in [6.07, 6.45) is 8.99. The second-order valence-electron chi connectivity index (χ2n) is 4.60. The van der Waals surface area contributed by atoms with E-state index in [1.807, 2.05) is 28.9 Å². The lowest BCUT2D eigenvalue weighted by atomic mass is 10.1. The molecule has 0 aliphatic carbocycles. The second kappa shape index (κ2) is 5.14. The molecule has 0 radical (unpaired) electrons. The maximum atomic E-state index is 5.33. The average molecular weight is 256 g/mol. The van der Waals surface area contributed by atoms with Crippen LogP contribution in [0.3, 0.4) is 0 Å². The number of nitrogens with zero attached hydrogens (tertiary/aromatic N) is 3. The number of aryl methyl sites for hydroxylation is 1. The fourth-order valence-corrected chi connectivity index (χ4v) is 2.09. The van der Waals surface area contributed by atoms with Crippen LogP contribution >= 0.6 is 0 Å². The zero-order valence-electron chi connectivity index (χ0n) is 10.8. The molecule has 1 atom stereocenters. The Morgan fingerprint density at radius 3 is 3.16 bits per heavy atom. The molecule has 3 rings (SSSR count). The third-order valence-electron chi connectivity index (χ3n) is 3.11. The van der Waals surface area contributed by atoms with Gasteiger partial charge in [-0.2, -0.15) is 5.10 Å². The highest BCUT2D eigenvalue weighted by Crippen LogP contribution is 2.15. The minimum Gasteiger partial charge on any atom is -0.469 e. The van der Waals surface area contributed by atoms with E-state index in [0.29, 0.717) is 6.04 Å². The van der Waals surface area contributed by atoms with E-state index in [4.69, 9.17) is 4.42 Å². The van der Waals surface area contributed by atoms with E-state index in [1.54, 1.807) is 18.7 Å². The summed E-state index contributed by atoms with van der Waals surface area (Å²) in [6.45, 7) is 2.14. The van der Waals surface area contributed by atoms with Crippen molar-refractivity contribution in [3.63, 3.8) is 0 Å². The first kappa shape index (κ1) is 11.8. The molecule has 0 aromatic carbocycles. The predicted molar refractivity (Wildman–Crippen MR) is 73.1 cm³/mol. The van der Waals surface area contributed by atoms with Gasteiger partial charge in [0.1, 0.15) is 11.3 Å². The van der Waals surface area contributed by atoms with Crippen molar-refractivity contribution >= 4 is 11.3 Å². The first-order valence-corrected chi connectivity index (χ1v) is 6.40. The van der Waals surface area contributed by atoms with Crippen LogP contribution in [0.25, 0.3) is 5.52 Å². The fraction of sp³-hybridized carbons (Fsp3) is 0.286. The summed E-state index contributed by atoms with van der Waals surface area (Å²) in [4.78, 5) is 4.37. The van der Waals surface area contributed by atoms with Crippen molar-refractivity contribution in [1.29, 1.82) is 0 Å². The molecule has 0 aliphatic rings. The molecule has 1 N–H and O–H groups in total. The minimum atomic E-state index is 0.318. The molecule has 5 heteroatoms. The van der Waals surface area contributed by atoms with Gasteiger partial charge in [0, 0.05) is 24.9 Å². The second-order valence-corrected chi connectivity index (χ2v) is 4.60. The lowest BCUT2D eigenvalue weighted by Gasteiger charge is -2.14. The maximum Gasteiger partial charge on any atom is 0.152 e. The van der Waals surface area contributed by atoms with E-state index in [1.165, 1.54) is 0 Å². The number of hydrogen-bond acceptors (Lipinski definition) is 4. The molecule has 19 heavy (non-hydrogen) atoms. The van der Waals surface area contributed by atoms with Gasteiger partial charge in [0.25, 0.3) is 0 Å². The van der Waals surface area contributed by atoms with Crippen molar-refractivity contribution < 1.29 is 4.42 Å². The van der Waals surface area contributed by atoms with Gasteiger partial charge in [0.05, 0.1) is 12.5 Å². The van der Waals surface area contributed by atoms with Crippen molar-refractivity contribution in [2.75, 3.05) is 5.32 Å².